The molecule has 1 aromatic rings. The van der Waals surface area contributed by atoms with Gasteiger partial charge in [0, 0.05) is 0 Å². The van der Waals surface area contributed by atoms with Gasteiger partial charge in [0.15, 0.2) is 17.6 Å². The lowest BCUT2D eigenvalue weighted by molar-refractivity contribution is -0.158. The Morgan fingerprint density at radius 2 is 1.65 bits per heavy atom. The summed E-state index contributed by atoms with van der Waals surface area (Å²) in [5.41, 5.74) is -1.37. The molecule has 0 N–H and O–H groups in total. The van der Waals surface area contributed by atoms with Crippen LogP contribution >= 0.6 is 0 Å². The molecule has 0 spiro atoms. The van der Waals surface area contributed by atoms with Crippen LogP contribution in [0, 0.1) is 23.4 Å². The van der Waals surface area contributed by atoms with Gasteiger partial charge in [0.05, 0.1) is 6.61 Å². The molecule has 0 fully saturated rings. The van der Waals surface area contributed by atoms with Gasteiger partial charge in [-0.1, -0.05) is 6.92 Å². The Morgan fingerprint density at radius 1 is 1.04 bits per heavy atom. The monoisotopic (exact) mass is 384 g/mol. The van der Waals surface area contributed by atoms with Gasteiger partial charge in [0.1, 0.15) is 5.56 Å². The lowest BCUT2D eigenvalue weighted by Crippen LogP contribution is -2.29. The first-order valence-corrected chi connectivity index (χ1v) is 7.18. The minimum Gasteiger partial charge on any atom is -0.465 e. The molecular formula is C15H13F5O6. The third kappa shape index (κ3) is 4.90. The summed E-state index contributed by atoms with van der Waals surface area (Å²) < 4.78 is 77.4. The maximum absolute atomic E-state index is 14.0. The van der Waals surface area contributed by atoms with Crippen molar-refractivity contribution < 1.29 is 50.5 Å². The SMILES string of the molecule is CCOC(=O)C(CC)C(=O)OC(=O)c1cc(F)c(F)c(OC(F)F)c1F. The number of ether oxygens (including phenoxy) is 3. The highest BCUT2D eigenvalue weighted by Crippen LogP contribution is 2.29. The lowest BCUT2D eigenvalue weighted by atomic mass is 10.1. The van der Waals surface area contributed by atoms with Crippen LogP contribution in [0.2, 0.25) is 0 Å². The van der Waals surface area contributed by atoms with Crippen LogP contribution in [0.3, 0.4) is 0 Å². The minimum atomic E-state index is -3.71. The van der Waals surface area contributed by atoms with Crippen LogP contribution in [0.4, 0.5) is 22.0 Å². The first kappa shape index (κ1) is 21.3. The van der Waals surface area contributed by atoms with Crippen LogP contribution in [0.5, 0.6) is 5.75 Å². The molecule has 0 aliphatic carbocycles. The van der Waals surface area contributed by atoms with E-state index in [9.17, 15) is 36.3 Å². The summed E-state index contributed by atoms with van der Waals surface area (Å²) in [6.45, 7) is -0.926. The van der Waals surface area contributed by atoms with Crippen LogP contribution < -0.4 is 4.74 Å². The number of hydrogen-bond acceptors (Lipinski definition) is 6. The Morgan fingerprint density at radius 3 is 2.15 bits per heavy atom. The highest BCUT2D eigenvalue weighted by molar-refractivity contribution is 6.03. The third-order valence-electron chi connectivity index (χ3n) is 3.00. The zero-order valence-electron chi connectivity index (χ0n) is 13.5. The van der Waals surface area contributed by atoms with E-state index in [0.29, 0.717) is 0 Å². The average molecular weight is 384 g/mol. The predicted molar refractivity (Wildman–Crippen MR) is 73.8 cm³/mol. The molecule has 1 unspecified atom stereocenters. The second-order valence-electron chi connectivity index (χ2n) is 4.66. The first-order valence-electron chi connectivity index (χ1n) is 7.18. The Kier molecular flexibility index (Phi) is 7.47. The van der Waals surface area contributed by atoms with Crippen molar-refractivity contribution in [3.63, 3.8) is 0 Å². The quantitative estimate of drug-likeness (QED) is 0.311. The Labute approximate surface area is 143 Å². The summed E-state index contributed by atoms with van der Waals surface area (Å²) in [6.07, 6.45) is -0.134. The largest absolute Gasteiger partial charge is 0.465 e. The van der Waals surface area contributed by atoms with E-state index in [4.69, 9.17) is 0 Å². The van der Waals surface area contributed by atoms with Gasteiger partial charge in [-0.25, -0.2) is 13.6 Å². The summed E-state index contributed by atoms with van der Waals surface area (Å²) in [7, 11) is 0. The van der Waals surface area contributed by atoms with Crippen LogP contribution in [0.25, 0.3) is 0 Å². The van der Waals surface area contributed by atoms with E-state index < -0.39 is 59.2 Å². The number of benzene rings is 1. The van der Waals surface area contributed by atoms with Crippen molar-refractivity contribution >= 4 is 17.9 Å². The molecule has 0 bridgehead atoms. The molecule has 0 aromatic heterocycles. The first-order chi connectivity index (χ1) is 12.1. The molecule has 0 heterocycles. The van der Waals surface area contributed by atoms with Gasteiger partial charge in [-0.15, -0.1) is 0 Å². The molecule has 1 rings (SSSR count). The number of hydrogen-bond donors (Lipinski definition) is 0. The smallest absolute Gasteiger partial charge is 0.387 e. The normalized spacial score (nSPS) is 11.8. The van der Waals surface area contributed by atoms with Gasteiger partial charge in [0.25, 0.3) is 0 Å². The molecule has 0 saturated carbocycles. The van der Waals surface area contributed by atoms with Crippen LogP contribution in [-0.2, 0) is 19.1 Å². The molecule has 0 saturated heterocycles. The van der Waals surface area contributed by atoms with E-state index in [2.05, 4.69) is 14.2 Å². The predicted octanol–water partition coefficient (Wildman–Crippen LogP) is 2.98. The average Bonchev–Trinajstić information content (AvgIpc) is 2.55. The number of esters is 3. The van der Waals surface area contributed by atoms with Crippen LogP contribution in [-0.4, -0.2) is 31.1 Å². The standard InChI is InChI=1S/C15H13F5O6/c1-3-6(12(21)24-4-2)13(22)26-14(23)7-5-8(16)10(18)11(9(7)17)25-15(19)20/h5-6,15H,3-4H2,1-2H3. The fourth-order valence-corrected chi connectivity index (χ4v) is 1.81. The van der Waals surface area contributed by atoms with E-state index in [1.807, 2.05) is 0 Å². The topological polar surface area (TPSA) is 78.9 Å². The van der Waals surface area contributed by atoms with Gasteiger partial charge < -0.3 is 14.2 Å². The molecule has 11 heteroatoms. The Bertz CT molecular complexity index is 706. The summed E-state index contributed by atoms with van der Waals surface area (Å²) in [5.74, 6) is -13.6. The Hall–Kier alpha value is -2.72. The molecule has 0 amide bonds. The van der Waals surface area contributed by atoms with Gasteiger partial charge in [0.2, 0.25) is 11.6 Å². The van der Waals surface area contributed by atoms with Crippen LogP contribution in [0.1, 0.15) is 30.6 Å². The van der Waals surface area contributed by atoms with E-state index in [-0.39, 0.29) is 19.1 Å². The van der Waals surface area contributed by atoms with Gasteiger partial charge >= 0.3 is 24.5 Å². The van der Waals surface area contributed by atoms with E-state index in [1.54, 1.807) is 0 Å². The molecule has 0 radical (unpaired) electrons. The zero-order chi connectivity index (χ0) is 20.0. The molecule has 6 nitrogen and oxygen atoms in total. The van der Waals surface area contributed by atoms with E-state index in [1.165, 1.54) is 13.8 Å². The molecule has 0 aliphatic rings. The zero-order valence-corrected chi connectivity index (χ0v) is 13.5. The Balaban J connectivity index is 3.12. The number of carbonyl (C=O) groups excluding carboxylic acids is 3. The fraction of sp³-hybridized carbons (Fsp3) is 0.400. The molecule has 0 aliphatic heterocycles. The minimum absolute atomic E-state index is 0.00390. The number of carbonyl (C=O) groups is 3. The van der Waals surface area contributed by atoms with E-state index in [0.717, 1.165) is 0 Å². The van der Waals surface area contributed by atoms with Crippen molar-refractivity contribution in [1.29, 1.82) is 0 Å². The maximum atomic E-state index is 14.0. The van der Waals surface area contributed by atoms with Crippen molar-refractivity contribution in [2.24, 2.45) is 5.92 Å². The summed E-state index contributed by atoms with van der Waals surface area (Å²) in [4.78, 5) is 35.2. The van der Waals surface area contributed by atoms with E-state index >= 15 is 0 Å². The lowest BCUT2D eigenvalue weighted by Gasteiger charge is -2.13. The van der Waals surface area contributed by atoms with Crippen molar-refractivity contribution in [2.45, 2.75) is 26.9 Å². The molecule has 1 atom stereocenters. The summed E-state index contributed by atoms with van der Waals surface area (Å²) in [5, 5.41) is 0. The highest BCUT2D eigenvalue weighted by Gasteiger charge is 2.32. The molecule has 144 valence electrons. The van der Waals surface area contributed by atoms with Crippen molar-refractivity contribution in [3.8, 4) is 5.75 Å². The number of halogens is 5. The second-order valence-corrected chi connectivity index (χ2v) is 4.66. The van der Waals surface area contributed by atoms with Crippen molar-refractivity contribution in [1.82, 2.24) is 0 Å². The maximum Gasteiger partial charge on any atom is 0.387 e. The van der Waals surface area contributed by atoms with Gasteiger partial charge in [-0.05, 0) is 19.4 Å². The van der Waals surface area contributed by atoms with Gasteiger partial charge in [-0.2, -0.15) is 13.2 Å². The molecule has 1 aromatic carbocycles. The third-order valence-corrected chi connectivity index (χ3v) is 3.00. The number of rotatable bonds is 7. The number of alkyl halides is 2. The molecule has 26 heavy (non-hydrogen) atoms. The summed E-state index contributed by atoms with van der Waals surface area (Å²) in [6, 6.07) is 0.00390. The summed E-state index contributed by atoms with van der Waals surface area (Å²) >= 11 is 0. The fourth-order valence-electron chi connectivity index (χ4n) is 1.81. The van der Waals surface area contributed by atoms with Gasteiger partial charge in [-0.3, -0.25) is 9.59 Å². The van der Waals surface area contributed by atoms with Crippen molar-refractivity contribution in [2.75, 3.05) is 6.61 Å². The van der Waals surface area contributed by atoms with Crippen LogP contribution in [0.15, 0.2) is 6.07 Å². The highest BCUT2D eigenvalue weighted by atomic mass is 19.3. The second kappa shape index (κ2) is 9.11. The van der Waals surface area contributed by atoms with Crippen molar-refractivity contribution in [3.05, 3.63) is 29.1 Å². The molecular weight excluding hydrogens is 371 g/mol.